The first-order valence-corrected chi connectivity index (χ1v) is 8.72. The van der Waals surface area contributed by atoms with Crippen molar-refractivity contribution in [3.8, 4) is 5.75 Å². The fourth-order valence-electron chi connectivity index (χ4n) is 2.80. The van der Waals surface area contributed by atoms with Crippen LogP contribution in [0.2, 0.25) is 0 Å². The van der Waals surface area contributed by atoms with Gasteiger partial charge in [-0.25, -0.2) is 4.79 Å². The fraction of sp³-hybridized carbons (Fsp3) is 0.250. The number of hydrazine groups is 1. The number of imide groups is 1. The molecule has 140 valence electrons. The summed E-state index contributed by atoms with van der Waals surface area (Å²) in [4.78, 5) is 37.5. The Bertz CT molecular complexity index is 851. The highest BCUT2D eigenvalue weighted by Crippen LogP contribution is 2.27. The molecule has 2 N–H and O–H groups in total. The van der Waals surface area contributed by atoms with Crippen molar-refractivity contribution >= 4 is 17.8 Å². The second-order valence-electron chi connectivity index (χ2n) is 6.38. The smallest absolute Gasteiger partial charge is 0.344 e. The highest BCUT2D eigenvalue weighted by molar-refractivity contribution is 6.09. The Kier molecular flexibility index (Phi) is 5.12. The van der Waals surface area contributed by atoms with Crippen LogP contribution in [0.4, 0.5) is 4.79 Å². The van der Waals surface area contributed by atoms with Gasteiger partial charge in [-0.05, 0) is 43.2 Å². The van der Waals surface area contributed by atoms with Crippen LogP contribution < -0.4 is 15.5 Å². The van der Waals surface area contributed by atoms with E-state index in [1.807, 2.05) is 13.0 Å². The Hall–Kier alpha value is -3.35. The maximum Gasteiger partial charge on any atom is 0.344 e. The quantitative estimate of drug-likeness (QED) is 0.768. The molecule has 1 aliphatic heterocycles. The van der Waals surface area contributed by atoms with Crippen molar-refractivity contribution < 1.29 is 19.1 Å². The van der Waals surface area contributed by atoms with E-state index in [-0.39, 0.29) is 0 Å². The van der Waals surface area contributed by atoms with Gasteiger partial charge in [0.2, 0.25) is 0 Å². The summed E-state index contributed by atoms with van der Waals surface area (Å²) in [6.07, 6.45) is 0.884. The molecule has 3 rings (SSSR count). The predicted molar refractivity (Wildman–Crippen MR) is 98.9 cm³/mol. The second-order valence-corrected chi connectivity index (χ2v) is 6.38. The number of carbonyl (C=O) groups excluding carboxylic acids is 3. The average Bonchev–Trinajstić information content (AvgIpc) is 2.91. The van der Waals surface area contributed by atoms with Crippen LogP contribution in [0.5, 0.6) is 5.75 Å². The molecule has 0 spiro atoms. The Morgan fingerprint density at radius 3 is 2.41 bits per heavy atom. The van der Waals surface area contributed by atoms with Crippen LogP contribution in [0.25, 0.3) is 0 Å². The van der Waals surface area contributed by atoms with E-state index in [1.165, 1.54) is 0 Å². The summed E-state index contributed by atoms with van der Waals surface area (Å²) < 4.78 is 5.47. The lowest BCUT2D eigenvalue weighted by molar-refractivity contribution is -0.132. The van der Waals surface area contributed by atoms with Crippen molar-refractivity contribution in [2.75, 3.05) is 6.61 Å². The lowest BCUT2D eigenvalue weighted by Gasteiger charge is -2.22. The molecule has 0 unspecified atom stereocenters. The van der Waals surface area contributed by atoms with Crippen molar-refractivity contribution in [3.05, 3.63) is 65.7 Å². The van der Waals surface area contributed by atoms with E-state index in [9.17, 15) is 14.4 Å². The van der Waals surface area contributed by atoms with Crippen molar-refractivity contribution in [3.63, 3.8) is 0 Å². The molecule has 1 heterocycles. The Labute approximate surface area is 157 Å². The SMILES string of the molecule is CCCOc1ccc(C(=O)NN2C(=O)N[C@@](C)(c3ccccc3)C2=O)cc1. The molecular weight excluding hydrogens is 346 g/mol. The van der Waals surface area contributed by atoms with Gasteiger partial charge in [0.05, 0.1) is 6.61 Å². The van der Waals surface area contributed by atoms with Gasteiger partial charge >= 0.3 is 6.03 Å². The number of hydrogen-bond acceptors (Lipinski definition) is 4. The van der Waals surface area contributed by atoms with Crippen LogP contribution >= 0.6 is 0 Å². The van der Waals surface area contributed by atoms with Crippen LogP contribution in [-0.4, -0.2) is 29.5 Å². The van der Waals surface area contributed by atoms with Gasteiger partial charge in [0.25, 0.3) is 11.8 Å². The largest absolute Gasteiger partial charge is 0.494 e. The normalized spacial score (nSPS) is 19.0. The van der Waals surface area contributed by atoms with Gasteiger partial charge in [0.15, 0.2) is 0 Å². The first kappa shape index (κ1) is 18.4. The third kappa shape index (κ3) is 3.62. The lowest BCUT2D eigenvalue weighted by atomic mass is 9.92. The van der Waals surface area contributed by atoms with E-state index in [0.717, 1.165) is 11.4 Å². The fourth-order valence-corrected chi connectivity index (χ4v) is 2.80. The Balaban J connectivity index is 1.72. The van der Waals surface area contributed by atoms with Crippen molar-refractivity contribution in [1.29, 1.82) is 0 Å². The third-order valence-corrected chi connectivity index (χ3v) is 4.34. The Morgan fingerprint density at radius 1 is 1.11 bits per heavy atom. The minimum Gasteiger partial charge on any atom is -0.494 e. The summed E-state index contributed by atoms with van der Waals surface area (Å²) in [5, 5.41) is 3.36. The van der Waals surface area contributed by atoms with Crippen molar-refractivity contribution in [1.82, 2.24) is 15.8 Å². The number of amides is 4. The third-order valence-electron chi connectivity index (χ3n) is 4.34. The number of rotatable bonds is 6. The van der Waals surface area contributed by atoms with Gasteiger partial charge in [0.1, 0.15) is 11.3 Å². The topological polar surface area (TPSA) is 87.7 Å². The van der Waals surface area contributed by atoms with Crippen LogP contribution in [0.3, 0.4) is 0 Å². The predicted octanol–water partition coefficient (Wildman–Crippen LogP) is 2.59. The molecule has 4 amide bonds. The van der Waals surface area contributed by atoms with Crippen molar-refractivity contribution in [2.24, 2.45) is 0 Å². The van der Waals surface area contributed by atoms with Crippen LogP contribution in [-0.2, 0) is 10.3 Å². The number of urea groups is 1. The van der Waals surface area contributed by atoms with Gasteiger partial charge in [-0.2, -0.15) is 5.01 Å². The first-order valence-electron chi connectivity index (χ1n) is 8.72. The summed E-state index contributed by atoms with van der Waals surface area (Å²) in [6, 6.07) is 14.7. The molecule has 0 aromatic heterocycles. The van der Waals surface area contributed by atoms with Crippen molar-refractivity contribution in [2.45, 2.75) is 25.8 Å². The standard InChI is InChI=1S/C20H21N3O4/c1-3-13-27-16-11-9-14(10-12-16)17(24)22-23-18(25)20(2,21-19(23)26)15-7-5-4-6-8-15/h4-12H,3,13H2,1-2H3,(H,21,26)(H,22,24)/t20-/m0/s1. The highest BCUT2D eigenvalue weighted by Gasteiger charge is 2.50. The molecule has 1 saturated heterocycles. The molecule has 0 radical (unpaired) electrons. The zero-order chi connectivity index (χ0) is 19.4. The summed E-state index contributed by atoms with van der Waals surface area (Å²) in [7, 11) is 0. The molecule has 2 aromatic rings. The van der Waals surface area contributed by atoms with E-state index in [2.05, 4.69) is 10.7 Å². The average molecular weight is 367 g/mol. The molecule has 0 bridgehead atoms. The zero-order valence-corrected chi connectivity index (χ0v) is 15.2. The molecule has 1 atom stereocenters. The zero-order valence-electron chi connectivity index (χ0n) is 15.2. The molecule has 7 nitrogen and oxygen atoms in total. The minimum atomic E-state index is -1.23. The number of ether oxygens (including phenoxy) is 1. The summed E-state index contributed by atoms with van der Waals surface area (Å²) >= 11 is 0. The molecule has 1 fully saturated rings. The number of nitrogens with zero attached hydrogens (tertiary/aromatic N) is 1. The molecule has 2 aromatic carbocycles. The number of hydrogen-bond donors (Lipinski definition) is 2. The maximum absolute atomic E-state index is 12.8. The van der Waals surface area contributed by atoms with E-state index in [4.69, 9.17) is 4.74 Å². The maximum atomic E-state index is 12.8. The van der Waals surface area contributed by atoms with Gasteiger partial charge in [-0.15, -0.1) is 0 Å². The van der Waals surface area contributed by atoms with Crippen LogP contribution in [0, 0.1) is 0 Å². The van der Waals surface area contributed by atoms with Gasteiger partial charge in [-0.3, -0.25) is 15.0 Å². The monoisotopic (exact) mass is 367 g/mol. The minimum absolute atomic E-state index is 0.313. The number of carbonyl (C=O) groups is 3. The van der Waals surface area contributed by atoms with Crippen LogP contribution in [0.15, 0.2) is 54.6 Å². The Morgan fingerprint density at radius 2 is 1.78 bits per heavy atom. The highest BCUT2D eigenvalue weighted by atomic mass is 16.5. The molecule has 1 aliphatic rings. The van der Waals surface area contributed by atoms with Gasteiger partial charge < -0.3 is 10.1 Å². The van der Waals surface area contributed by atoms with E-state index < -0.39 is 23.4 Å². The molecule has 0 aliphatic carbocycles. The summed E-state index contributed by atoms with van der Waals surface area (Å²) in [5.74, 6) is -0.451. The van der Waals surface area contributed by atoms with E-state index in [0.29, 0.717) is 23.5 Å². The van der Waals surface area contributed by atoms with E-state index in [1.54, 1.807) is 55.5 Å². The molecule has 27 heavy (non-hydrogen) atoms. The second kappa shape index (κ2) is 7.49. The summed E-state index contributed by atoms with van der Waals surface area (Å²) in [6.45, 7) is 4.20. The summed E-state index contributed by atoms with van der Waals surface area (Å²) in [5.41, 5.74) is 2.09. The molecular formula is C20H21N3O4. The first-order chi connectivity index (χ1) is 13.0. The molecule has 0 saturated carbocycles. The molecule has 7 heteroatoms. The van der Waals surface area contributed by atoms with Crippen LogP contribution in [0.1, 0.15) is 36.2 Å². The lowest BCUT2D eigenvalue weighted by Crippen LogP contribution is -2.47. The number of benzene rings is 2. The number of nitrogens with one attached hydrogen (secondary N) is 2. The van der Waals surface area contributed by atoms with Gasteiger partial charge in [0, 0.05) is 5.56 Å². The van der Waals surface area contributed by atoms with E-state index >= 15 is 0 Å². The van der Waals surface area contributed by atoms with Gasteiger partial charge in [-0.1, -0.05) is 37.3 Å².